The maximum absolute atomic E-state index is 13.1. The molecule has 2 heterocycles. The van der Waals surface area contributed by atoms with E-state index < -0.39 is 29.7 Å². The molecule has 1 aliphatic heterocycles. The molecule has 0 saturated carbocycles. The van der Waals surface area contributed by atoms with Crippen molar-refractivity contribution in [2.24, 2.45) is 0 Å². The van der Waals surface area contributed by atoms with E-state index in [4.69, 9.17) is 21.1 Å². The number of methoxy groups -OCH3 is 1. The van der Waals surface area contributed by atoms with Crippen molar-refractivity contribution in [3.63, 3.8) is 0 Å². The molecule has 0 saturated heterocycles. The number of aromatic nitrogens is 1. The summed E-state index contributed by atoms with van der Waals surface area (Å²) < 4.78 is 9.84. The number of rotatable bonds is 8. The lowest BCUT2D eigenvalue weighted by Crippen LogP contribution is -2.32. The van der Waals surface area contributed by atoms with E-state index in [0.717, 1.165) is 16.2 Å². The highest BCUT2D eigenvalue weighted by Crippen LogP contribution is 2.31. The second-order valence-electron chi connectivity index (χ2n) is 8.72. The molecular formula is C27H23ClN4O7S. The van der Waals surface area contributed by atoms with Gasteiger partial charge in [-0.3, -0.25) is 19.7 Å². The summed E-state index contributed by atoms with van der Waals surface area (Å²) in [4.78, 5) is 67.7. The maximum Gasteiger partial charge on any atom is 0.350 e. The van der Waals surface area contributed by atoms with Gasteiger partial charge in [-0.15, -0.1) is 0 Å². The average Bonchev–Trinajstić information content (AvgIpc) is 3.39. The Morgan fingerprint density at radius 2 is 1.57 bits per heavy atom. The van der Waals surface area contributed by atoms with Gasteiger partial charge in [0.1, 0.15) is 15.6 Å². The van der Waals surface area contributed by atoms with E-state index in [1.165, 1.54) is 55.6 Å². The molecule has 0 radical (unpaired) electrons. The van der Waals surface area contributed by atoms with E-state index in [1.807, 2.05) is 0 Å². The molecule has 0 fully saturated rings. The van der Waals surface area contributed by atoms with E-state index in [-0.39, 0.29) is 43.7 Å². The topological polar surface area (TPSA) is 144 Å². The molecule has 2 aromatic carbocycles. The number of imide groups is 1. The highest BCUT2D eigenvalue weighted by molar-refractivity contribution is 7.17. The van der Waals surface area contributed by atoms with Crippen LogP contribution in [0.4, 0.5) is 16.5 Å². The number of nitrogens with one attached hydrogen (secondary N) is 2. The molecule has 206 valence electrons. The van der Waals surface area contributed by atoms with Gasteiger partial charge in [0.2, 0.25) is 0 Å². The summed E-state index contributed by atoms with van der Waals surface area (Å²) in [5, 5.41) is 5.39. The highest BCUT2D eigenvalue weighted by atomic mass is 35.5. The number of amides is 3. The van der Waals surface area contributed by atoms with Gasteiger partial charge in [-0.1, -0.05) is 22.9 Å². The molecule has 1 aliphatic rings. The first-order valence-corrected chi connectivity index (χ1v) is 13.0. The fraction of sp³-hybridized carbons (Fsp3) is 0.185. The van der Waals surface area contributed by atoms with Crippen LogP contribution < -0.4 is 15.5 Å². The molecule has 0 aliphatic carbocycles. The second kappa shape index (κ2) is 11.7. The van der Waals surface area contributed by atoms with Crippen molar-refractivity contribution in [2.45, 2.75) is 26.9 Å². The lowest BCUT2D eigenvalue weighted by atomic mass is 10.2. The van der Waals surface area contributed by atoms with E-state index in [1.54, 1.807) is 20.8 Å². The Hall–Kier alpha value is -4.55. The van der Waals surface area contributed by atoms with Crippen LogP contribution in [0.25, 0.3) is 0 Å². The summed E-state index contributed by atoms with van der Waals surface area (Å²) in [6, 6.07) is 11.9. The normalized spacial score (nSPS) is 13.1. The molecule has 13 heteroatoms. The quantitative estimate of drug-likeness (QED) is 0.290. The van der Waals surface area contributed by atoms with Crippen LogP contribution in [-0.2, 0) is 19.1 Å². The fourth-order valence-electron chi connectivity index (χ4n) is 3.63. The molecule has 3 aromatic rings. The molecule has 0 spiro atoms. The number of ether oxygens (including phenoxy) is 2. The predicted molar refractivity (Wildman–Crippen MR) is 149 cm³/mol. The average molecular weight is 583 g/mol. The van der Waals surface area contributed by atoms with Gasteiger partial charge in [0, 0.05) is 11.3 Å². The fourth-order valence-corrected chi connectivity index (χ4v) is 4.72. The van der Waals surface area contributed by atoms with Gasteiger partial charge in [-0.2, -0.15) is 0 Å². The van der Waals surface area contributed by atoms with Crippen molar-refractivity contribution in [1.29, 1.82) is 0 Å². The molecule has 3 amide bonds. The predicted octanol–water partition coefficient (Wildman–Crippen LogP) is 4.49. The molecule has 40 heavy (non-hydrogen) atoms. The summed E-state index contributed by atoms with van der Waals surface area (Å²) in [5.41, 5.74) is 1.48. The minimum atomic E-state index is -0.729. The molecule has 0 bridgehead atoms. The molecule has 0 unspecified atom stereocenters. The number of halogens is 1. The monoisotopic (exact) mass is 582 g/mol. The number of hydrogen-bond donors (Lipinski definition) is 2. The zero-order valence-electron chi connectivity index (χ0n) is 21.7. The third-order valence-electron chi connectivity index (χ3n) is 5.54. The zero-order valence-corrected chi connectivity index (χ0v) is 23.3. The van der Waals surface area contributed by atoms with Crippen LogP contribution in [-0.4, -0.2) is 47.9 Å². The maximum atomic E-state index is 13.1. The van der Waals surface area contributed by atoms with Gasteiger partial charge in [0.05, 0.1) is 30.2 Å². The van der Waals surface area contributed by atoms with E-state index in [9.17, 15) is 24.0 Å². The number of esters is 2. The smallest absolute Gasteiger partial charge is 0.350 e. The van der Waals surface area contributed by atoms with Crippen LogP contribution in [0.5, 0.6) is 0 Å². The SMILES string of the molecule is COC(=O)c1sc(NC(=O)c2ccc(NC3=C(Cl)C(=O)N(c4ccc(C(=O)OC(C)C)cc4)C3=O)cc2)nc1C. The number of anilines is 3. The van der Waals surface area contributed by atoms with Gasteiger partial charge in [-0.25, -0.2) is 19.5 Å². The van der Waals surface area contributed by atoms with Crippen molar-refractivity contribution in [3.8, 4) is 0 Å². The van der Waals surface area contributed by atoms with Crippen LogP contribution in [0, 0.1) is 6.92 Å². The minimum Gasteiger partial charge on any atom is -0.465 e. The van der Waals surface area contributed by atoms with Crippen molar-refractivity contribution >= 4 is 69.1 Å². The van der Waals surface area contributed by atoms with Crippen molar-refractivity contribution in [3.05, 3.63) is 81.0 Å². The lowest BCUT2D eigenvalue weighted by molar-refractivity contribution is -0.120. The Bertz CT molecular complexity index is 1550. The standard InChI is InChI=1S/C27H23ClN4O7S/c1-13(2)39-25(36)16-7-11-18(12-8-16)32-23(34)19(28)20(24(32)35)30-17-9-5-15(6-10-17)22(33)31-27-29-14(3)21(40-27)26(37)38-4/h5-13,30H,1-4H3,(H,29,31,33). The zero-order chi connectivity index (χ0) is 29.1. The first kappa shape index (κ1) is 28.5. The van der Waals surface area contributed by atoms with Gasteiger partial charge in [0.15, 0.2) is 5.13 Å². The van der Waals surface area contributed by atoms with Crippen molar-refractivity contribution in [1.82, 2.24) is 4.98 Å². The van der Waals surface area contributed by atoms with Crippen molar-refractivity contribution < 1.29 is 33.4 Å². The third kappa shape index (κ3) is 5.87. The minimum absolute atomic E-state index is 0.138. The van der Waals surface area contributed by atoms with Crippen LogP contribution in [0.1, 0.15) is 49.9 Å². The molecule has 1 aromatic heterocycles. The van der Waals surface area contributed by atoms with Gasteiger partial charge in [-0.05, 0) is 69.3 Å². The Morgan fingerprint density at radius 1 is 0.950 bits per heavy atom. The molecule has 11 nitrogen and oxygen atoms in total. The number of benzene rings is 2. The van der Waals surface area contributed by atoms with Crippen LogP contribution in [0.3, 0.4) is 0 Å². The second-order valence-corrected chi connectivity index (χ2v) is 10.1. The highest BCUT2D eigenvalue weighted by Gasteiger charge is 2.39. The first-order valence-electron chi connectivity index (χ1n) is 11.8. The summed E-state index contributed by atoms with van der Waals surface area (Å²) >= 11 is 7.20. The Labute approximate surface area is 237 Å². The molecule has 0 atom stereocenters. The molecule has 2 N–H and O–H groups in total. The van der Waals surface area contributed by atoms with Crippen LogP contribution in [0.15, 0.2) is 59.3 Å². The van der Waals surface area contributed by atoms with E-state index >= 15 is 0 Å². The Kier molecular flexibility index (Phi) is 8.31. The summed E-state index contributed by atoms with van der Waals surface area (Å²) in [7, 11) is 1.26. The van der Waals surface area contributed by atoms with E-state index in [0.29, 0.717) is 11.4 Å². The van der Waals surface area contributed by atoms with Crippen molar-refractivity contribution in [2.75, 3.05) is 22.6 Å². The Morgan fingerprint density at radius 3 is 2.17 bits per heavy atom. The summed E-state index contributed by atoms with van der Waals surface area (Å²) in [6.45, 7) is 5.09. The molecule has 4 rings (SSSR count). The van der Waals surface area contributed by atoms with Crippen LogP contribution >= 0.6 is 22.9 Å². The number of carbonyl (C=O) groups is 5. The number of nitrogens with zero attached hydrogens (tertiary/aromatic N) is 2. The first-order chi connectivity index (χ1) is 19.0. The lowest BCUT2D eigenvalue weighted by Gasteiger charge is -2.16. The Balaban J connectivity index is 1.43. The van der Waals surface area contributed by atoms with Gasteiger partial charge < -0.3 is 14.8 Å². The number of carbonyl (C=O) groups excluding carboxylic acids is 5. The summed E-state index contributed by atoms with van der Waals surface area (Å²) in [6.07, 6.45) is -0.294. The van der Waals surface area contributed by atoms with Gasteiger partial charge >= 0.3 is 11.9 Å². The van der Waals surface area contributed by atoms with Gasteiger partial charge in [0.25, 0.3) is 17.7 Å². The number of thiazole rings is 1. The summed E-state index contributed by atoms with van der Waals surface area (Å²) in [5.74, 6) is -2.94. The number of aryl methyl sites for hydroxylation is 1. The van der Waals surface area contributed by atoms with E-state index in [2.05, 4.69) is 15.6 Å². The third-order valence-corrected chi connectivity index (χ3v) is 6.94. The van der Waals surface area contributed by atoms with Crippen LogP contribution in [0.2, 0.25) is 0 Å². The largest absolute Gasteiger partial charge is 0.465 e. The molecular weight excluding hydrogens is 560 g/mol. The number of hydrogen-bond acceptors (Lipinski definition) is 10.